The predicted octanol–water partition coefficient (Wildman–Crippen LogP) is 4.03. The number of benzene rings is 2. The Hall–Kier alpha value is -3.32. The van der Waals surface area contributed by atoms with Gasteiger partial charge in [-0.2, -0.15) is 0 Å². The zero-order valence-electron chi connectivity index (χ0n) is 18.5. The Morgan fingerprint density at radius 2 is 1.97 bits per heavy atom. The van der Waals surface area contributed by atoms with E-state index < -0.39 is 5.91 Å². The molecule has 2 aromatic carbocycles. The summed E-state index contributed by atoms with van der Waals surface area (Å²) in [5.74, 6) is 0.609. The number of pyridine rings is 1. The fraction of sp³-hybridized carbons (Fsp3) is 0.333. The van der Waals surface area contributed by atoms with E-state index in [2.05, 4.69) is 42.5 Å². The van der Waals surface area contributed by atoms with Gasteiger partial charge in [-0.05, 0) is 24.1 Å². The average molecular weight is 423 g/mol. The van der Waals surface area contributed by atoms with Crippen LogP contribution >= 0.6 is 0 Å². The van der Waals surface area contributed by atoms with Crippen LogP contribution in [0.15, 0.2) is 42.6 Å². The minimum Gasteiger partial charge on any atom is -0.493 e. The van der Waals surface area contributed by atoms with E-state index in [1.807, 2.05) is 30.3 Å². The number of para-hydroxylation sites is 1. The summed E-state index contributed by atoms with van der Waals surface area (Å²) >= 11 is 0. The summed E-state index contributed by atoms with van der Waals surface area (Å²) in [7, 11) is 1.59. The molecule has 0 fully saturated rings. The second kappa shape index (κ2) is 10.1. The Bertz CT molecular complexity index is 1070. The van der Waals surface area contributed by atoms with Crippen LogP contribution in [-0.4, -0.2) is 37.2 Å². The number of methoxy groups -OCH3 is 1. The highest BCUT2D eigenvalue weighted by Gasteiger charge is 2.18. The summed E-state index contributed by atoms with van der Waals surface area (Å²) < 4.78 is 11.5. The van der Waals surface area contributed by atoms with Crippen molar-refractivity contribution in [2.75, 3.05) is 25.6 Å². The number of aromatic nitrogens is 1. The van der Waals surface area contributed by atoms with Crippen LogP contribution in [0.5, 0.6) is 11.5 Å². The van der Waals surface area contributed by atoms with Crippen LogP contribution in [-0.2, 0) is 6.42 Å². The molecule has 0 radical (unpaired) electrons. The van der Waals surface area contributed by atoms with E-state index in [-0.39, 0.29) is 0 Å². The quantitative estimate of drug-likeness (QED) is 0.427. The van der Waals surface area contributed by atoms with E-state index in [9.17, 15) is 4.79 Å². The van der Waals surface area contributed by atoms with Gasteiger partial charge in [0.1, 0.15) is 6.61 Å². The fourth-order valence-electron chi connectivity index (χ4n) is 3.39. The highest BCUT2D eigenvalue weighted by atomic mass is 16.5. The summed E-state index contributed by atoms with van der Waals surface area (Å²) in [6, 6.07) is 12.0. The van der Waals surface area contributed by atoms with Crippen molar-refractivity contribution in [1.29, 1.82) is 0 Å². The number of primary amides is 1. The third kappa shape index (κ3) is 5.24. The lowest BCUT2D eigenvalue weighted by atomic mass is 10.1. The zero-order valence-corrected chi connectivity index (χ0v) is 18.5. The molecule has 0 aliphatic heterocycles. The summed E-state index contributed by atoms with van der Waals surface area (Å²) in [4.78, 5) is 16.6. The number of nitrogens with zero attached hydrogens (tertiary/aromatic N) is 1. The summed E-state index contributed by atoms with van der Waals surface area (Å²) in [6.07, 6.45) is 2.34. The van der Waals surface area contributed by atoms with Gasteiger partial charge in [-0.25, -0.2) is 0 Å². The molecule has 1 amide bonds. The molecule has 31 heavy (non-hydrogen) atoms. The number of rotatable bonds is 10. The first kappa shape index (κ1) is 22.4. The van der Waals surface area contributed by atoms with Crippen LogP contribution in [0.4, 0.5) is 11.4 Å². The largest absolute Gasteiger partial charge is 0.493 e. The lowest BCUT2D eigenvalue weighted by Crippen LogP contribution is -2.27. The van der Waals surface area contributed by atoms with Gasteiger partial charge >= 0.3 is 0 Å². The van der Waals surface area contributed by atoms with Gasteiger partial charge in [0.15, 0.2) is 11.5 Å². The van der Waals surface area contributed by atoms with Crippen molar-refractivity contribution in [3.63, 3.8) is 0 Å². The third-order valence-corrected chi connectivity index (χ3v) is 4.99. The molecular formula is C24H30N4O3. The molecule has 1 aromatic heterocycles. The topological polar surface area (TPSA) is 98.5 Å². The molecule has 0 saturated heterocycles. The number of amides is 1. The minimum atomic E-state index is -0.551. The Morgan fingerprint density at radius 1 is 1.19 bits per heavy atom. The van der Waals surface area contributed by atoms with Gasteiger partial charge in [-0.1, -0.05) is 39.0 Å². The molecule has 0 saturated carbocycles. The molecule has 3 aromatic rings. The average Bonchev–Trinajstić information content (AvgIpc) is 2.76. The van der Waals surface area contributed by atoms with Crippen LogP contribution in [0.2, 0.25) is 0 Å². The second-order valence-corrected chi connectivity index (χ2v) is 7.52. The summed E-state index contributed by atoms with van der Waals surface area (Å²) in [5, 5.41) is 7.46. The van der Waals surface area contributed by atoms with E-state index >= 15 is 0 Å². The van der Waals surface area contributed by atoms with Gasteiger partial charge in [-0.15, -0.1) is 0 Å². The monoisotopic (exact) mass is 422 g/mol. The number of fused-ring (bicyclic) bond motifs is 1. The van der Waals surface area contributed by atoms with E-state index in [4.69, 9.17) is 15.2 Å². The number of carbonyl (C=O) groups excluding carboxylic acids is 1. The first-order valence-electron chi connectivity index (χ1n) is 10.5. The van der Waals surface area contributed by atoms with Crippen LogP contribution in [0.1, 0.15) is 36.7 Å². The Balaban J connectivity index is 2.08. The van der Waals surface area contributed by atoms with Gasteiger partial charge in [0, 0.05) is 35.9 Å². The predicted molar refractivity (Wildman–Crippen MR) is 125 cm³/mol. The summed E-state index contributed by atoms with van der Waals surface area (Å²) in [6.45, 7) is 7.43. The van der Waals surface area contributed by atoms with Crippen LogP contribution in [0.3, 0.4) is 0 Å². The van der Waals surface area contributed by atoms with Crippen LogP contribution < -0.4 is 25.8 Å². The molecule has 0 atom stereocenters. The maximum absolute atomic E-state index is 12.2. The number of nitrogens with one attached hydrogen (secondary N) is 2. The van der Waals surface area contributed by atoms with Gasteiger partial charge in [0.05, 0.1) is 23.9 Å². The molecule has 0 aliphatic carbocycles. The van der Waals surface area contributed by atoms with Crippen LogP contribution in [0.25, 0.3) is 10.9 Å². The number of anilines is 2. The van der Waals surface area contributed by atoms with Crippen LogP contribution in [0, 0.1) is 0 Å². The SMILES string of the molecule is CCc1ccccc1Nc1c(C(N)=O)cnc2cc(OC)c(OCCNC(C)C)cc12. The highest BCUT2D eigenvalue weighted by Crippen LogP contribution is 2.37. The molecule has 7 nitrogen and oxygen atoms in total. The molecule has 7 heteroatoms. The lowest BCUT2D eigenvalue weighted by molar-refractivity contribution is 0.100. The highest BCUT2D eigenvalue weighted by molar-refractivity contribution is 6.08. The maximum atomic E-state index is 12.2. The van der Waals surface area contributed by atoms with Gasteiger partial charge in [0.2, 0.25) is 0 Å². The first-order chi connectivity index (χ1) is 14.9. The minimum absolute atomic E-state index is 0.316. The number of hydrogen-bond donors (Lipinski definition) is 3. The van der Waals surface area contributed by atoms with Crippen molar-refractivity contribution in [1.82, 2.24) is 10.3 Å². The molecule has 4 N–H and O–H groups in total. The molecule has 0 bridgehead atoms. The molecular weight excluding hydrogens is 392 g/mol. The van der Waals surface area contributed by atoms with Gasteiger partial charge in [-0.3, -0.25) is 9.78 Å². The van der Waals surface area contributed by atoms with E-state index in [0.29, 0.717) is 47.5 Å². The molecule has 0 unspecified atom stereocenters. The second-order valence-electron chi connectivity index (χ2n) is 7.52. The standard InChI is InChI=1S/C24H30N4O3/c1-5-16-8-6-7-9-19(16)28-23-17-12-22(31-11-10-26-15(2)3)21(30-4)13-20(17)27-14-18(23)24(25)29/h6-9,12-15,26H,5,10-11H2,1-4H3,(H2,25,29)(H,27,28). The van der Waals surface area contributed by atoms with Crippen molar-refractivity contribution in [3.05, 3.63) is 53.7 Å². The maximum Gasteiger partial charge on any atom is 0.252 e. The lowest BCUT2D eigenvalue weighted by Gasteiger charge is -2.18. The molecule has 0 aliphatic rings. The number of carbonyl (C=O) groups is 1. The number of hydrogen-bond acceptors (Lipinski definition) is 6. The Morgan fingerprint density at radius 3 is 2.65 bits per heavy atom. The van der Waals surface area contributed by atoms with E-state index in [1.165, 1.54) is 6.20 Å². The van der Waals surface area contributed by atoms with Crippen molar-refractivity contribution in [3.8, 4) is 11.5 Å². The van der Waals surface area contributed by atoms with Crippen molar-refractivity contribution < 1.29 is 14.3 Å². The van der Waals surface area contributed by atoms with E-state index in [0.717, 1.165) is 23.1 Å². The summed E-state index contributed by atoms with van der Waals surface area (Å²) in [5.41, 5.74) is 9.31. The molecule has 3 rings (SSSR count). The number of aryl methyl sites for hydroxylation is 1. The van der Waals surface area contributed by atoms with Crippen molar-refractivity contribution in [2.45, 2.75) is 33.2 Å². The smallest absolute Gasteiger partial charge is 0.252 e. The number of nitrogens with two attached hydrogens (primary N) is 1. The Labute approximate surface area is 183 Å². The molecule has 164 valence electrons. The molecule has 1 heterocycles. The van der Waals surface area contributed by atoms with Crippen molar-refractivity contribution >= 4 is 28.2 Å². The molecule has 0 spiro atoms. The Kier molecular flexibility index (Phi) is 7.31. The fourth-order valence-corrected chi connectivity index (χ4v) is 3.39. The van der Waals surface area contributed by atoms with E-state index in [1.54, 1.807) is 7.11 Å². The van der Waals surface area contributed by atoms with Gasteiger partial charge < -0.3 is 25.8 Å². The first-order valence-corrected chi connectivity index (χ1v) is 10.5. The van der Waals surface area contributed by atoms with Crippen molar-refractivity contribution in [2.24, 2.45) is 5.73 Å². The number of ether oxygens (including phenoxy) is 2. The van der Waals surface area contributed by atoms with Gasteiger partial charge in [0.25, 0.3) is 5.91 Å². The zero-order chi connectivity index (χ0) is 22.4. The normalized spacial score (nSPS) is 11.0. The third-order valence-electron chi connectivity index (χ3n) is 4.99.